The summed E-state index contributed by atoms with van der Waals surface area (Å²) in [7, 11) is -2.04. The van der Waals surface area contributed by atoms with Gasteiger partial charge in [-0.05, 0) is 50.7 Å². The minimum Gasteiger partial charge on any atom is -0.491 e. The summed E-state index contributed by atoms with van der Waals surface area (Å²) < 4.78 is 34.1. The van der Waals surface area contributed by atoms with Crippen LogP contribution in [-0.2, 0) is 19.6 Å². The topological polar surface area (TPSA) is 184 Å². The number of aromatic nitrogens is 2. The van der Waals surface area contributed by atoms with Gasteiger partial charge < -0.3 is 31.1 Å². The maximum Gasteiger partial charge on any atom is 0.303 e. The van der Waals surface area contributed by atoms with Gasteiger partial charge in [0.25, 0.3) is 15.9 Å². The second-order valence-electron chi connectivity index (χ2n) is 8.96. The third-order valence-corrected chi connectivity index (χ3v) is 7.33. The number of carbonyl (C=O) groups is 2. The van der Waals surface area contributed by atoms with E-state index < -0.39 is 16.0 Å². The maximum atomic E-state index is 12.9. The first-order chi connectivity index (χ1) is 19.8. The van der Waals surface area contributed by atoms with E-state index in [0.29, 0.717) is 35.0 Å². The number of anilines is 4. The summed E-state index contributed by atoms with van der Waals surface area (Å²) >= 11 is 0. The van der Waals surface area contributed by atoms with E-state index in [-0.39, 0.29) is 41.7 Å². The van der Waals surface area contributed by atoms with Crippen molar-refractivity contribution in [3.63, 3.8) is 0 Å². The molecule has 1 amide bonds. The minimum absolute atomic E-state index is 0.0482. The number of nitrogens with zero attached hydrogens (tertiary/aromatic N) is 2. The fourth-order valence-electron chi connectivity index (χ4n) is 3.95. The summed E-state index contributed by atoms with van der Waals surface area (Å²) in [4.78, 5) is 32.2. The number of ether oxygens (including phenoxy) is 1. The molecule has 0 aliphatic carbocycles. The molecule has 1 aliphatic heterocycles. The highest BCUT2D eigenvalue weighted by Crippen LogP contribution is 2.35. The van der Waals surface area contributed by atoms with Crippen molar-refractivity contribution in [1.82, 2.24) is 15.3 Å². The van der Waals surface area contributed by atoms with Crippen molar-refractivity contribution in [3.05, 3.63) is 66.6 Å². The number of rotatable bonds is 15. The first-order valence-corrected chi connectivity index (χ1v) is 14.3. The molecule has 216 valence electrons. The Hall–Kier alpha value is -4.69. The second-order valence-corrected chi connectivity index (χ2v) is 10.6. The zero-order valence-electron chi connectivity index (χ0n) is 22.3. The van der Waals surface area contributed by atoms with Crippen molar-refractivity contribution in [1.29, 1.82) is 0 Å². The Morgan fingerprint density at radius 2 is 1.90 bits per heavy atom. The quantitative estimate of drug-likeness (QED) is 0.115. The van der Waals surface area contributed by atoms with Crippen LogP contribution in [0.5, 0.6) is 5.75 Å². The zero-order chi connectivity index (χ0) is 29.2. The van der Waals surface area contributed by atoms with E-state index in [1.807, 2.05) is 7.05 Å². The van der Waals surface area contributed by atoms with Crippen molar-refractivity contribution in [2.45, 2.75) is 24.2 Å². The van der Waals surface area contributed by atoms with E-state index >= 15 is 0 Å². The molecule has 3 aromatic rings. The lowest BCUT2D eigenvalue weighted by atomic mass is 10.1. The number of amides is 1. The van der Waals surface area contributed by atoms with Crippen LogP contribution in [0, 0.1) is 0 Å². The number of nitrogens with one attached hydrogen (secondary N) is 5. The number of benzene rings is 2. The first-order valence-electron chi connectivity index (χ1n) is 12.9. The van der Waals surface area contributed by atoms with E-state index in [2.05, 4.69) is 36.0 Å². The Balaban J connectivity index is 1.57. The van der Waals surface area contributed by atoms with E-state index in [9.17, 15) is 18.0 Å². The van der Waals surface area contributed by atoms with Crippen LogP contribution in [0.25, 0.3) is 5.57 Å². The lowest BCUT2D eigenvalue weighted by Crippen LogP contribution is -2.14. The number of hydrogen-bond donors (Lipinski definition) is 6. The van der Waals surface area contributed by atoms with E-state index in [1.54, 1.807) is 30.3 Å². The molecule has 0 atom stereocenters. The lowest BCUT2D eigenvalue weighted by Gasteiger charge is -2.15. The summed E-state index contributed by atoms with van der Waals surface area (Å²) in [5.74, 6) is -0.225. The molecule has 0 saturated carbocycles. The molecule has 0 fully saturated rings. The lowest BCUT2D eigenvalue weighted by molar-refractivity contribution is -0.137. The molecule has 0 radical (unpaired) electrons. The van der Waals surface area contributed by atoms with Crippen LogP contribution < -0.4 is 30.7 Å². The zero-order valence-corrected chi connectivity index (χ0v) is 23.1. The number of carbonyl (C=O) groups excluding carboxylic acids is 1. The van der Waals surface area contributed by atoms with Crippen LogP contribution in [0.15, 0.2) is 66.0 Å². The predicted molar refractivity (Wildman–Crippen MR) is 155 cm³/mol. The average Bonchev–Trinajstić information content (AvgIpc) is 3.29. The molecule has 13 nitrogen and oxygen atoms in total. The standard InChI is InChI=1S/C27H31N7O6S/c1-28-12-6-13-29-25-24-20(27(37)33-26(24)32-17-31-25)16-30-18-10-11-21(22(15-18)40-14-5-9-23(35)36)34-41(38,39)19-7-3-2-4-8-19/h2-4,7-8,10-11,15-17,28,30,34H,5-6,9,12-14H2,1H3,(H,35,36)(H2,29,31,32,33,37)/b20-16-. The van der Waals surface area contributed by atoms with Crippen LogP contribution >= 0.6 is 0 Å². The van der Waals surface area contributed by atoms with Crippen molar-refractivity contribution in [2.24, 2.45) is 0 Å². The van der Waals surface area contributed by atoms with Crippen LogP contribution in [-0.4, -0.2) is 62.1 Å². The van der Waals surface area contributed by atoms with Gasteiger partial charge in [0.1, 0.15) is 23.7 Å². The Morgan fingerprint density at radius 1 is 1.10 bits per heavy atom. The van der Waals surface area contributed by atoms with Gasteiger partial charge in [-0.2, -0.15) is 0 Å². The highest BCUT2D eigenvalue weighted by molar-refractivity contribution is 7.92. The summed E-state index contributed by atoms with van der Waals surface area (Å²) in [5.41, 5.74) is 1.52. The number of hydrogen-bond acceptors (Lipinski definition) is 10. The monoisotopic (exact) mass is 581 g/mol. The van der Waals surface area contributed by atoms with Crippen molar-refractivity contribution in [2.75, 3.05) is 47.4 Å². The highest BCUT2D eigenvalue weighted by atomic mass is 32.2. The van der Waals surface area contributed by atoms with E-state index in [4.69, 9.17) is 9.84 Å². The average molecular weight is 582 g/mol. The van der Waals surface area contributed by atoms with Crippen molar-refractivity contribution >= 4 is 50.5 Å². The van der Waals surface area contributed by atoms with Gasteiger partial charge in [-0.1, -0.05) is 18.2 Å². The number of carboxylic acid groups (broad SMARTS) is 1. The molecule has 1 aromatic heterocycles. The highest BCUT2D eigenvalue weighted by Gasteiger charge is 2.29. The maximum absolute atomic E-state index is 12.9. The molecule has 0 saturated heterocycles. The van der Waals surface area contributed by atoms with Gasteiger partial charge in [0.15, 0.2) is 0 Å². The van der Waals surface area contributed by atoms with Gasteiger partial charge in [0, 0.05) is 30.9 Å². The molecule has 2 heterocycles. The fraction of sp³-hybridized carbons (Fsp3) is 0.259. The Bertz CT molecular complexity index is 1530. The van der Waals surface area contributed by atoms with Gasteiger partial charge in [-0.3, -0.25) is 14.3 Å². The fourth-order valence-corrected chi connectivity index (χ4v) is 5.04. The van der Waals surface area contributed by atoms with Crippen LogP contribution in [0.2, 0.25) is 0 Å². The summed E-state index contributed by atoms with van der Waals surface area (Å²) in [6.07, 6.45) is 3.86. The van der Waals surface area contributed by atoms with E-state index in [1.165, 1.54) is 30.7 Å². The number of aliphatic carboxylic acids is 1. The normalized spacial score (nSPS) is 13.4. The molecule has 0 spiro atoms. The van der Waals surface area contributed by atoms with Gasteiger partial charge in [0.05, 0.1) is 28.3 Å². The molecular formula is C27H31N7O6S. The largest absolute Gasteiger partial charge is 0.491 e. The number of sulfonamides is 1. The third-order valence-electron chi connectivity index (χ3n) is 5.94. The molecule has 0 bridgehead atoms. The minimum atomic E-state index is -3.91. The SMILES string of the molecule is CNCCCNc1ncnc2c1/C(=C/Nc1ccc(NS(=O)(=O)c3ccccc3)c(OCCCC(=O)O)c1)C(=O)N2. The van der Waals surface area contributed by atoms with E-state index in [0.717, 1.165) is 13.0 Å². The molecule has 41 heavy (non-hydrogen) atoms. The Labute approximate surface area is 237 Å². The van der Waals surface area contributed by atoms with Gasteiger partial charge >= 0.3 is 5.97 Å². The van der Waals surface area contributed by atoms with Crippen molar-refractivity contribution < 1.29 is 27.9 Å². The van der Waals surface area contributed by atoms with Crippen molar-refractivity contribution in [3.8, 4) is 5.75 Å². The first kappa shape index (κ1) is 29.3. The van der Waals surface area contributed by atoms with Crippen LogP contribution in [0.3, 0.4) is 0 Å². The number of fused-ring (bicyclic) bond motifs is 1. The Kier molecular flexibility index (Phi) is 9.71. The molecular weight excluding hydrogens is 550 g/mol. The molecule has 4 rings (SSSR count). The predicted octanol–water partition coefficient (Wildman–Crippen LogP) is 2.95. The van der Waals surface area contributed by atoms with Crippen LogP contribution in [0.1, 0.15) is 24.8 Å². The second kappa shape index (κ2) is 13.6. The molecule has 6 N–H and O–H groups in total. The van der Waals surface area contributed by atoms with Gasteiger partial charge in [-0.25, -0.2) is 18.4 Å². The molecule has 14 heteroatoms. The molecule has 2 aromatic carbocycles. The Morgan fingerprint density at radius 3 is 2.66 bits per heavy atom. The number of carboxylic acids is 1. The third kappa shape index (κ3) is 7.70. The smallest absolute Gasteiger partial charge is 0.303 e. The molecule has 0 unspecified atom stereocenters. The van der Waals surface area contributed by atoms with Gasteiger partial charge in [-0.15, -0.1) is 0 Å². The van der Waals surface area contributed by atoms with Gasteiger partial charge in [0.2, 0.25) is 0 Å². The molecule has 1 aliphatic rings. The summed E-state index contributed by atoms with van der Waals surface area (Å²) in [6, 6.07) is 12.6. The van der Waals surface area contributed by atoms with Crippen LogP contribution in [0.4, 0.5) is 23.0 Å². The summed E-state index contributed by atoms with van der Waals surface area (Å²) in [6.45, 7) is 1.51. The summed E-state index contributed by atoms with van der Waals surface area (Å²) in [5, 5.41) is 21.0.